The Morgan fingerprint density at radius 1 is 1.42 bits per heavy atom. The van der Waals surface area contributed by atoms with Crippen LogP contribution in [0.1, 0.15) is 39.1 Å². The van der Waals surface area contributed by atoms with E-state index in [9.17, 15) is 0 Å². The molecule has 1 aliphatic heterocycles. The van der Waals surface area contributed by atoms with Gasteiger partial charge in [-0.1, -0.05) is 20.8 Å². The zero-order valence-corrected chi connectivity index (χ0v) is 13.2. The lowest BCUT2D eigenvalue weighted by Gasteiger charge is -2.44. The minimum Gasteiger partial charge on any atom is -0.311 e. The molecule has 0 spiro atoms. The van der Waals surface area contributed by atoms with E-state index in [2.05, 4.69) is 56.0 Å². The predicted molar refractivity (Wildman–Crippen MR) is 79.1 cm³/mol. The van der Waals surface area contributed by atoms with Gasteiger partial charge in [0.25, 0.3) is 0 Å². The molecule has 1 saturated heterocycles. The topological polar surface area (TPSA) is 33.1 Å². The first kappa shape index (κ1) is 14.5. The molecule has 0 saturated carbocycles. The number of aromatic nitrogens is 2. The molecule has 2 rings (SSSR count). The number of nitrogens with one attached hydrogen (secondary N) is 1. The molecule has 2 unspecified atom stereocenters. The average Bonchev–Trinajstić information content (AvgIpc) is 2.59. The van der Waals surface area contributed by atoms with Crippen LogP contribution in [0, 0.1) is 12.3 Å². The quantitative estimate of drug-likeness (QED) is 0.886. The van der Waals surface area contributed by atoms with Crippen molar-refractivity contribution in [2.45, 2.75) is 53.2 Å². The highest BCUT2D eigenvalue weighted by Crippen LogP contribution is 2.24. The van der Waals surface area contributed by atoms with Crippen molar-refractivity contribution in [2.24, 2.45) is 12.5 Å². The lowest BCUT2D eigenvalue weighted by atomic mass is 9.85. The number of hydrogen-bond donors (Lipinski definition) is 1. The van der Waals surface area contributed by atoms with Crippen molar-refractivity contribution >= 4 is 0 Å². The summed E-state index contributed by atoms with van der Waals surface area (Å²) >= 11 is 0. The number of aryl methyl sites for hydroxylation is 2. The highest BCUT2D eigenvalue weighted by Gasteiger charge is 2.32. The van der Waals surface area contributed by atoms with Gasteiger partial charge in [0, 0.05) is 38.8 Å². The smallest absolute Gasteiger partial charge is 0.0597 e. The number of piperazine rings is 1. The third-order valence-corrected chi connectivity index (χ3v) is 4.21. The van der Waals surface area contributed by atoms with Crippen LogP contribution >= 0.6 is 0 Å². The highest BCUT2D eigenvalue weighted by molar-refractivity contribution is 5.09. The summed E-state index contributed by atoms with van der Waals surface area (Å²) in [6.07, 6.45) is 0. The van der Waals surface area contributed by atoms with Gasteiger partial charge in [-0.05, 0) is 25.3 Å². The molecule has 108 valence electrons. The van der Waals surface area contributed by atoms with Crippen LogP contribution < -0.4 is 5.32 Å². The van der Waals surface area contributed by atoms with Crippen molar-refractivity contribution < 1.29 is 0 Å². The summed E-state index contributed by atoms with van der Waals surface area (Å²) in [4.78, 5) is 2.57. The van der Waals surface area contributed by atoms with Crippen LogP contribution in [-0.2, 0) is 13.6 Å². The standard InChI is InChI=1S/C15H28N4/c1-11-7-13(18(6)17-11)9-19-10-14(15(3,4)5)16-8-12(19)2/h7,12,14,16H,8-10H2,1-6H3. The average molecular weight is 264 g/mol. The van der Waals surface area contributed by atoms with Gasteiger partial charge >= 0.3 is 0 Å². The fourth-order valence-corrected chi connectivity index (χ4v) is 2.74. The van der Waals surface area contributed by atoms with Gasteiger partial charge in [-0.2, -0.15) is 5.10 Å². The minimum atomic E-state index is 0.306. The second-order valence-electron chi connectivity index (χ2n) is 7.01. The summed E-state index contributed by atoms with van der Waals surface area (Å²) in [5, 5.41) is 8.12. The first-order valence-corrected chi connectivity index (χ1v) is 7.24. The van der Waals surface area contributed by atoms with Crippen molar-refractivity contribution in [1.82, 2.24) is 20.0 Å². The third-order valence-electron chi connectivity index (χ3n) is 4.21. The Bertz CT molecular complexity index is 430. The van der Waals surface area contributed by atoms with Crippen LogP contribution in [-0.4, -0.2) is 39.9 Å². The van der Waals surface area contributed by atoms with Crippen molar-refractivity contribution in [2.75, 3.05) is 13.1 Å². The maximum atomic E-state index is 4.44. The zero-order chi connectivity index (χ0) is 14.2. The van der Waals surface area contributed by atoms with E-state index in [4.69, 9.17) is 0 Å². The lowest BCUT2D eigenvalue weighted by Crippen LogP contribution is -2.59. The first-order chi connectivity index (χ1) is 8.77. The second-order valence-corrected chi connectivity index (χ2v) is 7.01. The number of nitrogens with zero attached hydrogens (tertiary/aromatic N) is 3. The van der Waals surface area contributed by atoms with Gasteiger partial charge in [0.1, 0.15) is 0 Å². The Kier molecular flexibility index (Phi) is 4.02. The summed E-state index contributed by atoms with van der Waals surface area (Å²) in [6, 6.07) is 3.33. The molecule has 2 atom stereocenters. The van der Waals surface area contributed by atoms with Crippen molar-refractivity contribution in [1.29, 1.82) is 0 Å². The van der Waals surface area contributed by atoms with Gasteiger partial charge in [-0.15, -0.1) is 0 Å². The Morgan fingerprint density at radius 2 is 2.11 bits per heavy atom. The summed E-state index contributed by atoms with van der Waals surface area (Å²) in [5.41, 5.74) is 2.72. The Hall–Kier alpha value is -0.870. The molecule has 4 heteroatoms. The summed E-state index contributed by atoms with van der Waals surface area (Å²) < 4.78 is 2.01. The second kappa shape index (κ2) is 5.25. The van der Waals surface area contributed by atoms with E-state index in [1.807, 2.05) is 11.7 Å². The normalized spacial score (nSPS) is 25.8. The molecule has 1 fully saturated rings. The maximum Gasteiger partial charge on any atom is 0.0597 e. The Labute approximate surface area is 117 Å². The van der Waals surface area contributed by atoms with Crippen LogP contribution in [0.5, 0.6) is 0 Å². The molecule has 0 bridgehead atoms. The zero-order valence-electron chi connectivity index (χ0n) is 13.2. The van der Waals surface area contributed by atoms with Gasteiger partial charge in [-0.25, -0.2) is 0 Å². The molecular formula is C15H28N4. The van der Waals surface area contributed by atoms with Crippen LogP contribution in [0.4, 0.5) is 0 Å². The van der Waals surface area contributed by atoms with Gasteiger partial charge in [0.05, 0.1) is 11.4 Å². The van der Waals surface area contributed by atoms with Crippen LogP contribution in [0.25, 0.3) is 0 Å². The molecular weight excluding hydrogens is 236 g/mol. The fourth-order valence-electron chi connectivity index (χ4n) is 2.74. The third kappa shape index (κ3) is 3.37. The maximum absolute atomic E-state index is 4.44. The minimum absolute atomic E-state index is 0.306. The van der Waals surface area contributed by atoms with E-state index in [1.54, 1.807) is 0 Å². The van der Waals surface area contributed by atoms with Crippen LogP contribution in [0.2, 0.25) is 0 Å². The van der Waals surface area contributed by atoms with Gasteiger partial charge in [0.15, 0.2) is 0 Å². The fraction of sp³-hybridized carbons (Fsp3) is 0.800. The summed E-state index contributed by atoms with van der Waals surface area (Å²) in [7, 11) is 2.04. The lowest BCUT2D eigenvalue weighted by molar-refractivity contribution is 0.0857. The van der Waals surface area contributed by atoms with Crippen molar-refractivity contribution in [3.63, 3.8) is 0 Å². The van der Waals surface area contributed by atoms with Crippen LogP contribution in [0.3, 0.4) is 0 Å². The molecule has 0 aromatic carbocycles. The van der Waals surface area contributed by atoms with Gasteiger partial charge < -0.3 is 5.32 Å². The highest BCUT2D eigenvalue weighted by atomic mass is 15.3. The molecule has 1 aromatic rings. The Morgan fingerprint density at radius 3 is 2.63 bits per heavy atom. The molecule has 2 heterocycles. The van der Waals surface area contributed by atoms with E-state index in [1.165, 1.54) is 5.69 Å². The predicted octanol–water partition coefficient (Wildman–Crippen LogP) is 1.94. The Balaban J connectivity index is 2.07. The van der Waals surface area contributed by atoms with E-state index in [0.717, 1.165) is 25.3 Å². The molecule has 1 aliphatic rings. The van der Waals surface area contributed by atoms with Crippen molar-refractivity contribution in [3.8, 4) is 0 Å². The molecule has 1 aromatic heterocycles. The van der Waals surface area contributed by atoms with Crippen molar-refractivity contribution in [3.05, 3.63) is 17.5 Å². The van der Waals surface area contributed by atoms with Gasteiger partial charge in [-0.3, -0.25) is 9.58 Å². The summed E-state index contributed by atoms with van der Waals surface area (Å²) in [6.45, 7) is 14.5. The molecule has 4 nitrogen and oxygen atoms in total. The van der Waals surface area contributed by atoms with Gasteiger partial charge in [0.2, 0.25) is 0 Å². The number of hydrogen-bond acceptors (Lipinski definition) is 3. The molecule has 0 amide bonds. The van der Waals surface area contributed by atoms with E-state index in [0.29, 0.717) is 17.5 Å². The molecule has 19 heavy (non-hydrogen) atoms. The van der Waals surface area contributed by atoms with E-state index in [-0.39, 0.29) is 0 Å². The molecule has 1 N–H and O–H groups in total. The number of rotatable bonds is 2. The summed E-state index contributed by atoms with van der Waals surface area (Å²) in [5.74, 6) is 0. The van der Waals surface area contributed by atoms with Crippen LogP contribution in [0.15, 0.2) is 6.07 Å². The molecule has 0 aliphatic carbocycles. The SMILES string of the molecule is Cc1cc(CN2CC(C(C)(C)C)NCC2C)n(C)n1. The first-order valence-electron chi connectivity index (χ1n) is 7.24. The monoisotopic (exact) mass is 264 g/mol. The van der Waals surface area contributed by atoms with E-state index >= 15 is 0 Å². The molecule has 0 radical (unpaired) electrons. The van der Waals surface area contributed by atoms with E-state index < -0.39 is 0 Å². The largest absolute Gasteiger partial charge is 0.311 e.